The summed E-state index contributed by atoms with van der Waals surface area (Å²) >= 11 is 5.91. The van der Waals surface area contributed by atoms with E-state index >= 15 is 0 Å². The molecule has 19 heavy (non-hydrogen) atoms. The molecule has 0 radical (unpaired) electrons. The monoisotopic (exact) mass is 280 g/mol. The van der Waals surface area contributed by atoms with Gasteiger partial charge in [-0.05, 0) is 30.5 Å². The van der Waals surface area contributed by atoms with Crippen molar-refractivity contribution < 1.29 is 14.3 Å². The molecule has 0 spiro atoms. The second-order valence-corrected chi connectivity index (χ2v) is 5.54. The number of carbonyl (C=O) groups excluding carboxylic acids is 2. The van der Waals surface area contributed by atoms with Crippen molar-refractivity contribution in [2.45, 2.75) is 38.0 Å². The lowest BCUT2D eigenvalue weighted by molar-refractivity contribution is -0.143. The van der Waals surface area contributed by atoms with Crippen LogP contribution in [0.25, 0.3) is 0 Å². The summed E-state index contributed by atoms with van der Waals surface area (Å²) in [5.41, 5.74) is 0.843. The minimum atomic E-state index is -0.287. The predicted octanol–water partition coefficient (Wildman–Crippen LogP) is 3.28. The van der Waals surface area contributed by atoms with E-state index in [0.717, 1.165) is 18.4 Å². The molecule has 0 aliphatic heterocycles. The minimum absolute atomic E-state index is 0.246. The molecule has 1 saturated carbocycles. The van der Waals surface area contributed by atoms with E-state index in [9.17, 15) is 9.59 Å². The zero-order valence-electron chi connectivity index (χ0n) is 10.9. The Hall–Kier alpha value is -1.35. The fraction of sp³-hybridized carbons (Fsp3) is 0.467. The van der Waals surface area contributed by atoms with Gasteiger partial charge in [0.15, 0.2) is 0 Å². The number of ketones is 1. The largest absolute Gasteiger partial charge is 0.465 e. The zero-order valence-corrected chi connectivity index (χ0v) is 11.7. The van der Waals surface area contributed by atoms with Crippen molar-refractivity contribution in [2.75, 3.05) is 6.61 Å². The fourth-order valence-corrected chi connectivity index (χ4v) is 2.69. The van der Waals surface area contributed by atoms with E-state index in [1.54, 1.807) is 0 Å². The van der Waals surface area contributed by atoms with Gasteiger partial charge in [0.1, 0.15) is 12.4 Å². The molecule has 1 fully saturated rings. The second kappa shape index (κ2) is 5.74. The Balaban J connectivity index is 2.25. The SMILES string of the molecule is CC(=O)OCC1(c2ccc(Cl)cc2)CCC(=O)CC1. The van der Waals surface area contributed by atoms with Gasteiger partial charge in [0, 0.05) is 30.2 Å². The Labute approximate surface area is 117 Å². The summed E-state index contributed by atoms with van der Waals surface area (Å²) < 4.78 is 5.22. The summed E-state index contributed by atoms with van der Waals surface area (Å²) in [7, 11) is 0. The molecule has 0 unspecified atom stereocenters. The highest BCUT2D eigenvalue weighted by Crippen LogP contribution is 2.39. The molecule has 2 rings (SSSR count). The van der Waals surface area contributed by atoms with Gasteiger partial charge in [0.25, 0.3) is 0 Å². The summed E-state index contributed by atoms with van der Waals surface area (Å²) in [6, 6.07) is 7.59. The van der Waals surface area contributed by atoms with Gasteiger partial charge in [-0.2, -0.15) is 0 Å². The van der Waals surface area contributed by atoms with Gasteiger partial charge in [0.2, 0.25) is 0 Å². The molecule has 0 heterocycles. The standard InChI is InChI=1S/C15H17ClO3/c1-11(17)19-10-15(8-6-14(18)7-9-15)12-2-4-13(16)5-3-12/h2-5H,6-10H2,1H3. The molecule has 3 nitrogen and oxygen atoms in total. The fourth-order valence-electron chi connectivity index (χ4n) is 2.57. The Morgan fingerprint density at radius 2 is 1.84 bits per heavy atom. The maximum atomic E-state index is 11.4. The van der Waals surface area contributed by atoms with E-state index in [2.05, 4.69) is 0 Å². The smallest absolute Gasteiger partial charge is 0.302 e. The highest BCUT2D eigenvalue weighted by Gasteiger charge is 2.37. The Morgan fingerprint density at radius 3 is 2.37 bits per heavy atom. The molecular formula is C15H17ClO3. The summed E-state index contributed by atoms with van der Waals surface area (Å²) in [5.74, 6) is -0.00217. The Morgan fingerprint density at radius 1 is 1.26 bits per heavy atom. The molecule has 0 atom stereocenters. The average Bonchev–Trinajstić information content (AvgIpc) is 2.39. The molecule has 0 aromatic heterocycles. The summed E-state index contributed by atoms with van der Waals surface area (Å²) in [4.78, 5) is 22.5. The van der Waals surface area contributed by atoms with Crippen LogP contribution >= 0.6 is 11.6 Å². The quantitative estimate of drug-likeness (QED) is 0.798. The number of ether oxygens (including phenoxy) is 1. The van der Waals surface area contributed by atoms with Crippen molar-refractivity contribution in [3.8, 4) is 0 Å². The van der Waals surface area contributed by atoms with Crippen LogP contribution in [0.1, 0.15) is 38.2 Å². The highest BCUT2D eigenvalue weighted by molar-refractivity contribution is 6.30. The number of rotatable bonds is 3. The van der Waals surface area contributed by atoms with Gasteiger partial charge in [-0.15, -0.1) is 0 Å². The van der Waals surface area contributed by atoms with Crippen molar-refractivity contribution in [1.29, 1.82) is 0 Å². The lowest BCUT2D eigenvalue weighted by atomic mass is 9.69. The maximum Gasteiger partial charge on any atom is 0.302 e. The van der Waals surface area contributed by atoms with Crippen LogP contribution in [0.5, 0.6) is 0 Å². The van der Waals surface area contributed by atoms with Crippen molar-refractivity contribution in [2.24, 2.45) is 0 Å². The zero-order chi connectivity index (χ0) is 13.9. The normalized spacial score (nSPS) is 18.1. The van der Waals surface area contributed by atoms with Crippen molar-refractivity contribution in [3.63, 3.8) is 0 Å². The maximum absolute atomic E-state index is 11.4. The number of halogens is 1. The third-order valence-corrected chi connectivity index (χ3v) is 4.03. The van der Waals surface area contributed by atoms with Crippen molar-refractivity contribution in [1.82, 2.24) is 0 Å². The lowest BCUT2D eigenvalue weighted by Crippen LogP contribution is -2.37. The second-order valence-electron chi connectivity index (χ2n) is 5.11. The molecule has 0 N–H and O–H groups in total. The molecule has 1 aliphatic carbocycles. The van der Waals surface area contributed by atoms with Crippen LogP contribution in [0.2, 0.25) is 5.02 Å². The Bertz CT molecular complexity index is 469. The predicted molar refractivity (Wildman–Crippen MR) is 73.2 cm³/mol. The van der Waals surface area contributed by atoms with E-state index in [1.165, 1.54) is 6.92 Å². The lowest BCUT2D eigenvalue weighted by Gasteiger charge is -2.36. The summed E-state index contributed by atoms with van der Waals surface area (Å²) in [6.07, 6.45) is 2.54. The number of hydrogen-bond acceptors (Lipinski definition) is 3. The molecule has 1 aromatic carbocycles. The van der Waals surface area contributed by atoms with Crippen LogP contribution in [-0.4, -0.2) is 18.4 Å². The molecule has 0 saturated heterocycles. The van der Waals surface area contributed by atoms with E-state index in [4.69, 9.17) is 16.3 Å². The number of esters is 1. The van der Waals surface area contributed by atoms with Crippen LogP contribution in [0, 0.1) is 0 Å². The number of Topliss-reactive ketones (excluding diaryl/α,β-unsaturated/α-hetero) is 1. The number of carbonyl (C=O) groups is 2. The van der Waals surface area contributed by atoms with E-state index in [-0.39, 0.29) is 17.2 Å². The molecular weight excluding hydrogens is 264 g/mol. The van der Waals surface area contributed by atoms with E-state index in [0.29, 0.717) is 24.5 Å². The van der Waals surface area contributed by atoms with E-state index < -0.39 is 0 Å². The molecule has 1 aromatic rings. The molecule has 0 bridgehead atoms. The first-order valence-corrected chi connectivity index (χ1v) is 6.81. The number of hydrogen-bond donors (Lipinski definition) is 0. The summed E-state index contributed by atoms with van der Waals surface area (Å²) in [5, 5.41) is 0.679. The third-order valence-electron chi connectivity index (χ3n) is 3.77. The van der Waals surface area contributed by atoms with Gasteiger partial charge in [-0.25, -0.2) is 0 Å². The van der Waals surface area contributed by atoms with Crippen LogP contribution in [0.4, 0.5) is 0 Å². The van der Waals surface area contributed by atoms with Crippen LogP contribution < -0.4 is 0 Å². The van der Waals surface area contributed by atoms with Gasteiger partial charge in [-0.3, -0.25) is 9.59 Å². The first-order valence-electron chi connectivity index (χ1n) is 6.43. The van der Waals surface area contributed by atoms with Crippen LogP contribution in [-0.2, 0) is 19.7 Å². The van der Waals surface area contributed by atoms with Crippen molar-refractivity contribution in [3.05, 3.63) is 34.9 Å². The van der Waals surface area contributed by atoms with E-state index in [1.807, 2.05) is 24.3 Å². The molecule has 4 heteroatoms. The van der Waals surface area contributed by atoms with Gasteiger partial charge < -0.3 is 4.74 Å². The number of benzene rings is 1. The molecule has 102 valence electrons. The van der Waals surface area contributed by atoms with Gasteiger partial charge in [0.05, 0.1) is 0 Å². The average molecular weight is 281 g/mol. The first kappa shape index (κ1) is 14.1. The van der Waals surface area contributed by atoms with Gasteiger partial charge >= 0.3 is 5.97 Å². The van der Waals surface area contributed by atoms with Crippen LogP contribution in [0.15, 0.2) is 24.3 Å². The topological polar surface area (TPSA) is 43.4 Å². The molecule has 1 aliphatic rings. The van der Waals surface area contributed by atoms with Gasteiger partial charge in [-0.1, -0.05) is 23.7 Å². The minimum Gasteiger partial charge on any atom is -0.465 e. The first-order chi connectivity index (χ1) is 9.02. The molecule has 0 amide bonds. The Kier molecular flexibility index (Phi) is 4.25. The highest BCUT2D eigenvalue weighted by atomic mass is 35.5. The third kappa shape index (κ3) is 3.35. The van der Waals surface area contributed by atoms with Crippen molar-refractivity contribution >= 4 is 23.4 Å². The summed E-state index contributed by atoms with van der Waals surface area (Å²) in [6.45, 7) is 1.74. The van der Waals surface area contributed by atoms with Crippen LogP contribution in [0.3, 0.4) is 0 Å².